The molecule has 0 aliphatic heterocycles. The van der Waals surface area contributed by atoms with Crippen molar-refractivity contribution in [3.63, 3.8) is 0 Å². The summed E-state index contributed by atoms with van der Waals surface area (Å²) in [6, 6.07) is 18.8. The van der Waals surface area contributed by atoms with Gasteiger partial charge in [-0.25, -0.2) is 4.98 Å². The maximum Gasteiger partial charge on any atom is 0.263 e. The fourth-order valence-electron chi connectivity index (χ4n) is 2.28. The first-order valence-electron chi connectivity index (χ1n) is 7.79. The Balaban J connectivity index is 1.62. The van der Waals surface area contributed by atoms with Crippen molar-refractivity contribution < 1.29 is 9.59 Å². The van der Waals surface area contributed by atoms with Gasteiger partial charge >= 0.3 is 0 Å². The molecular weight excluding hydrogens is 334 g/mol. The lowest BCUT2D eigenvalue weighted by Gasteiger charge is -2.06. The zero-order valence-corrected chi connectivity index (χ0v) is 14.5. The Hall–Kier alpha value is -2.99. The van der Waals surface area contributed by atoms with E-state index in [0.29, 0.717) is 16.3 Å². The molecule has 0 spiro atoms. The van der Waals surface area contributed by atoms with Gasteiger partial charge in [-0.05, 0) is 19.1 Å². The van der Waals surface area contributed by atoms with Crippen molar-refractivity contribution in [1.29, 1.82) is 0 Å². The lowest BCUT2D eigenvalue weighted by atomic mass is 10.2. The first-order chi connectivity index (χ1) is 12.1. The highest BCUT2D eigenvalue weighted by Gasteiger charge is 2.16. The molecule has 0 unspecified atom stereocenters. The third-order valence-electron chi connectivity index (χ3n) is 3.49. The van der Waals surface area contributed by atoms with Crippen LogP contribution in [0.15, 0.2) is 60.7 Å². The molecule has 3 rings (SSSR count). The van der Waals surface area contributed by atoms with E-state index in [1.165, 1.54) is 11.3 Å². The zero-order valence-electron chi connectivity index (χ0n) is 13.7. The van der Waals surface area contributed by atoms with Gasteiger partial charge in [-0.1, -0.05) is 48.5 Å². The number of hydrogen-bond donors (Lipinski definition) is 2. The lowest BCUT2D eigenvalue weighted by molar-refractivity contribution is -0.115. The fourth-order valence-corrected chi connectivity index (χ4v) is 3.27. The van der Waals surface area contributed by atoms with Gasteiger partial charge in [0.15, 0.2) is 0 Å². The number of nitrogens with one attached hydrogen (secondary N) is 2. The molecule has 0 aliphatic rings. The number of anilines is 1. The van der Waals surface area contributed by atoms with Gasteiger partial charge in [0.2, 0.25) is 5.91 Å². The molecule has 0 fully saturated rings. The number of benzene rings is 2. The molecule has 126 valence electrons. The number of thiazole rings is 1. The van der Waals surface area contributed by atoms with E-state index in [1.54, 1.807) is 19.1 Å². The van der Waals surface area contributed by atoms with Crippen molar-refractivity contribution in [1.82, 2.24) is 10.3 Å². The first-order valence-corrected chi connectivity index (χ1v) is 8.61. The minimum atomic E-state index is -0.291. The van der Waals surface area contributed by atoms with Crippen LogP contribution >= 0.6 is 11.3 Å². The smallest absolute Gasteiger partial charge is 0.263 e. The second-order valence-electron chi connectivity index (χ2n) is 5.40. The Morgan fingerprint density at radius 3 is 2.32 bits per heavy atom. The van der Waals surface area contributed by atoms with Crippen LogP contribution in [0.4, 0.5) is 5.69 Å². The standard InChI is InChI=1S/C19H17N3O2S/c1-13-17(25-19(21-13)14-8-4-2-5-9-14)18(24)20-12-16(23)22-15-10-6-3-7-11-15/h2-11H,12H2,1H3,(H,20,24)(H,22,23). The molecule has 2 aromatic carbocycles. The maximum absolute atomic E-state index is 12.3. The Labute approximate surface area is 149 Å². The predicted octanol–water partition coefficient (Wildman–Crippen LogP) is 3.49. The normalized spacial score (nSPS) is 10.3. The van der Waals surface area contributed by atoms with Crippen LogP contribution in [0.1, 0.15) is 15.4 Å². The molecular formula is C19H17N3O2S. The summed E-state index contributed by atoms with van der Waals surface area (Å²) in [6.45, 7) is 1.70. The van der Waals surface area contributed by atoms with Crippen LogP contribution in [0.25, 0.3) is 10.6 Å². The number of aromatic nitrogens is 1. The molecule has 5 nitrogen and oxygen atoms in total. The number of amides is 2. The summed E-state index contributed by atoms with van der Waals surface area (Å²) < 4.78 is 0. The predicted molar refractivity (Wildman–Crippen MR) is 99.7 cm³/mol. The number of carbonyl (C=O) groups excluding carboxylic acids is 2. The average molecular weight is 351 g/mol. The monoisotopic (exact) mass is 351 g/mol. The van der Waals surface area contributed by atoms with Crippen LogP contribution in [0.5, 0.6) is 0 Å². The largest absolute Gasteiger partial charge is 0.342 e. The van der Waals surface area contributed by atoms with Crippen LogP contribution in [0, 0.1) is 6.92 Å². The van der Waals surface area contributed by atoms with Gasteiger partial charge in [0.25, 0.3) is 5.91 Å². The molecule has 2 N–H and O–H groups in total. The maximum atomic E-state index is 12.3. The Morgan fingerprint density at radius 1 is 1.00 bits per heavy atom. The van der Waals surface area contributed by atoms with E-state index in [4.69, 9.17) is 0 Å². The van der Waals surface area contributed by atoms with E-state index in [1.807, 2.05) is 48.5 Å². The third kappa shape index (κ3) is 4.30. The highest BCUT2D eigenvalue weighted by molar-refractivity contribution is 7.17. The second kappa shape index (κ2) is 7.72. The van der Waals surface area contributed by atoms with E-state index in [2.05, 4.69) is 15.6 Å². The Morgan fingerprint density at radius 2 is 1.64 bits per heavy atom. The van der Waals surface area contributed by atoms with Gasteiger partial charge in [-0.2, -0.15) is 0 Å². The second-order valence-corrected chi connectivity index (χ2v) is 6.40. The fraction of sp³-hybridized carbons (Fsp3) is 0.105. The summed E-state index contributed by atoms with van der Waals surface area (Å²) in [5.74, 6) is -0.564. The van der Waals surface area contributed by atoms with Crippen molar-refractivity contribution in [2.75, 3.05) is 11.9 Å². The van der Waals surface area contributed by atoms with Gasteiger partial charge in [0.1, 0.15) is 9.88 Å². The molecule has 3 aromatic rings. The molecule has 1 aromatic heterocycles. The van der Waals surface area contributed by atoms with Crippen LogP contribution in [0.3, 0.4) is 0 Å². The summed E-state index contributed by atoms with van der Waals surface area (Å²) in [4.78, 5) is 29.2. The number of aryl methyl sites for hydroxylation is 1. The molecule has 0 saturated carbocycles. The molecule has 2 amide bonds. The summed E-state index contributed by atoms with van der Waals surface area (Å²) in [6.07, 6.45) is 0. The minimum absolute atomic E-state index is 0.0915. The van der Waals surface area contributed by atoms with Gasteiger partial charge in [-0.15, -0.1) is 11.3 Å². The van der Waals surface area contributed by atoms with Crippen LogP contribution in [-0.4, -0.2) is 23.3 Å². The number of rotatable bonds is 5. The topological polar surface area (TPSA) is 71.1 Å². The summed E-state index contributed by atoms with van der Waals surface area (Å²) in [7, 11) is 0. The van der Waals surface area contributed by atoms with Gasteiger partial charge < -0.3 is 10.6 Å². The molecule has 1 heterocycles. The van der Waals surface area contributed by atoms with E-state index in [-0.39, 0.29) is 18.4 Å². The highest BCUT2D eigenvalue weighted by Crippen LogP contribution is 2.27. The molecule has 0 atom stereocenters. The molecule has 6 heteroatoms. The summed E-state index contributed by atoms with van der Waals surface area (Å²) in [5.41, 5.74) is 2.32. The van der Waals surface area contributed by atoms with Gasteiger partial charge in [0, 0.05) is 11.3 Å². The summed E-state index contributed by atoms with van der Waals surface area (Å²) in [5, 5.41) is 6.16. The molecule has 0 aliphatic carbocycles. The van der Waals surface area contributed by atoms with Crippen molar-refractivity contribution in [3.05, 3.63) is 71.2 Å². The quantitative estimate of drug-likeness (QED) is 0.739. The van der Waals surface area contributed by atoms with E-state index in [9.17, 15) is 9.59 Å². The SMILES string of the molecule is Cc1nc(-c2ccccc2)sc1C(=O)NCC(=O)Nc1ccccc1. The summed E-state index contributed by atoms with van der Waals surface area (Å²) >= 11 is 1.32. The van der Waals surface area contributed by atoms with Crippen molar-refractivity contribution in [2.45, 2.75) is 6.92 Å². The molecule has 0 bridgehead atoms. The van der Waals surface area contributed by atoms with E-state index in [0.717, 1.165) is 10.6 Å². The molecule has 0 radical (unpaired) electrons. The molecule has 25 heavy (non-hydrogen) atoms. The van der Waals surface area contributed by atoms with Crippen LogP contribution in [0.2, 0.25) is 0 Å². The van der Waals surface area contributed by atoms with Gasteiger partial charge in [0.05, 0.1) is 12.2 Å². The zero-order chi connectivity index (χ0) is 17.6. The molecule has 0 saturated heterocycles. The van der Waals surface area contributed by atoms with E-state index >= 15 is 0 Å². The Bertz CT molecular complexity index is 876. The van der Waals surface area contributed by atoms with Crippen LogP contribution < -0.4 is 10.6 Å². The number of para-hydroxylation sites is 1. The van der Waals surface area contributed by atoms with Crippen molar-refractivity contribution in [3.8, 4) is 10.6 Å². The van der Waals surface area contributed by atoms with Gasteiger partial charge in [-0.3, -0.25) is 9.59 Å². The number of hydrogen-bond acceptors (Lipinski definition) is 4. The number of carbonyl (C=O) groups is 2. The highest BCUT2D eigenvalue weighted by atomic mass is 32.1. The van der Waals surface area contributed by atoms with Crippen molar-refractivity contribution >= 4 is 28.8 Å². The van der Waals surface area contributed by atoms with E-state index < -0.39 is 0 Å². The number of nitrogens with zero attached hydrogens (tertiary/aromatic N) is 1. The first kappa shape index (κ1) is 16.9. The lowest BCUT2D eigenvalue weighted by Crippen LogP contribution is -2.32. The van der Waals surface area contributed by atoms with Crippen LogP contribution in [-0.2, 0) is 4.79 Å². The minimum Gasteiger partial charge on any atom is -0.342 e. The third-order valence-corrected chi connectivity index (χ3v) is 4.70. The van der Waals surface area contributed by atoms with Crippen molar-refractivity contribution in [2.24, 2.45) is 0 Å². The Kier molecular flexibility index (Phi) is 5.20. The average Bonchev–Trinajstić information content (AvgIpc) is 3.03.